The molecular formula is C16H17BrN2. The van der Waals surface area contributed by atoms with E-state index in [4.69, 9.17) is 5.73 Å². The molecule has 2 nitrogen and oxygen atoms in total. The van der Waals surface area contributed by atoms with Crippen molar-refractivity contribution in [1.29, 1.82) is 0 Å². The Kier molecular flexibility index (Phi) is 3.67. The SMILES string of the molecule is NC(c1ccccc1C1CCC1)c1ncccc1Br. The zero-order chi connectivity index (χ0) is 13.2. The van der Waals surface area contributed by atoms with Gasteiger partial charge in [0.25, 0.3) is 0 Å². The Labute approximate surface area is 122 Å². The molecule has 0 amide bonds. The number of halogens is 1. The van der Waals surface area contributed by atoms with Gasteiger partial charge in [0.1, 0.15) is 0 Å². The fourth-order valence-electron chi connectivity index (χ4n) is 2.66. The van der Waals surface area contributed by atoms with E-state index >= 15 is 0 Å². The number of nitrogens with zero attached hydrogens (tertiary/aromatic N) is 1. The Hall–Kier alpha value is -1.19. The molecule has 1 saturated carbocycles. The van der Waals surface area contributed by atoms with E-state index in [-0.39, 0.29) is 6.04 Å². The van der Waals surface area contributed by atoms with E-state index in [0.717, 1.165) is 10.2 Å². The minimum atomic E-state index is -0.160. The second kappa shape index (κ2) is 5.43. The first-order valence-corrected chi connectivity index (χ1v) is 7.51. The molecule has 0 radical (unpaired) electrons. The van der Waals surface area contributed by atoms with E-state index in [2.05, 4.69) is 45.2 Å². The van der Waals surface area contributed by atoms with Crippen molar-refractivity contribution in [2.75, 3.05) is 0 Å². The van der Waals surface area contributed by atoms with E-state index in [1.807, 2.05) is 12.1 Å². The van der Waals surface area contributed by atoms with E-state index in [1.165, 1.54) is 30.4 Å². The smallest absolute Gasteiger partial charge is 0.0758 e. The molecule has 0 spiro atoms. The fraction of sp³-hybridized carbons (Fsp3) is 0.312. The third-order valence-corrected chi connectivity index (χ3v) is 4.63. The highest BCUT2D eigenvalue weighted by Crippen LogP contribution is 2.40. The number of hydrogen-bond donors (Lipinski definition) is 1. The van der Waals surface area contributed by atoms with Crippen LogP contribution >= 0.6 is 15.9 Å². The van der Waals surface area contributed by atoms with Gasteiger partial charge in [-0.1, -0.05) is 30.7 Å². The first kappa shape index (κ1) is 12.8. The summed E-state index contributed by atoms with van der Waals surface area (Å²) >= 11 is 3.54. The van der Waals surface area contributed by atoms with Gasteiger partial charge in [-0.25, -0.2) is 0 Å². The maximum atomic E-state index is 6.44. The average Bonchev–Trinajstić information content (AvgIpc) is 2.37. The summed E-state index contributed by atoms with van der Waals surface area (Å²) in [5.41, 5.74) is 9.97. The molecule has 2 N–H and O–H groups in total. The summed E-state index contributed by atoms with van der Waals surface area (Å²) in [5, 5.41) is 0. The monoisotopic (exact) mass is 316 g/mol. The summed E-state index contributed by atoms with van der Waals surface area (Å²) in [5.74, 6) is 0.685. The van der Waals surface area contributed by atoms with Gasteiger partial charge in [-0.2, -0.15) is 0 Å². The lowest BCUT2D eigenvalue weighted by Crippen LogP contribution is -2.19. The van der Waals surface area contributed by atoms with Crippen LogP contribution in [0.25, 0.3) is 0 Å². The van der Waals surface area contributed by atoms with Gasteiger partial charge < -0.3 is 5.73 Å². The zero-order valence-corrected chi connectivity index (χ0v) is 12.3. The zero-order valence-electron chi connectivity index (χ0n) is 10.7. The van der Waals surface area contributed by atoms with Crippen LogP contribution in [0.2, 0.25) is 0 Å². The Bertz CT molecular complexity index is 578. The highest BCUT2D eigenvalue weighted by molar-refractivity contribution is 9.10. The third kappa shape index (κ3) is 2.45. The molecule has 1 aliphatic rings. The predicted octanol–water partition coefficient (Wildman–Crippen LogP) is 4.16. The highest BCUT2D eigenvalue weighted by atomic mass is 79.9. The molecule has 1 aliphatic carbocycles. The van der Waals surface area contributed by atoms with Gasteiger partial charge in [0, 0.05) is 10.7 Å². The number of rotatable bonds is 3. The van der Waals surface area contributed by atoms with Crippen LogP contribution in [-0.2, 0) is 0 Å². The first-order valence-electron chi connectivity index (χ1n) is 6.72. The van der Waals surface area contributed by atoms with Crippen LogP contribution in [0, 0.1) is 0 Å². The molecule has 0 aliphatic heterocycles. The Morgan fingerprint density at radius 2 is 1.95 bits per heavy atom. The Morgan fingerprint density at radius 1 is 1.16 bits per heavy atom. The highest BCUT2D eigenvalue weighted by Gasteiger charge is 2.25. The van der Waals surface area contributed by atoms with Crippen molar-refractivity contribution in [2.45, 2.75) is 31.2 Å². The van der Waals surface area contributed by atoms with Crippen molar-refractivity contribution in [3.05, 3.63) is 63.9 Å². The predicted molar refractivity (Wildman–Crippen MR) is 81.0 cm³/mol. The standard InChI is InChI=1S/C16H17BrN2/c17-14-9-4-10-19-16(14)15(18)13-8-2-1-7-12(13)11-5-3-6-11/h1-2,4,7-11,15H,3,5-6,18H2. The summed E-state index contributed by atoms with van der Waals surface area (Å²) in [7, 11) is 0. The van der Waals surface area contributed by atoms with Crippen molar-refractivity contribution >= 4 is 15.9 Å². The van der Waals surface area contributed by atoms with Crippen LogP contribution in [0.3, 0.4) is 0 Å². The topological polar surface area (TPSA) is 38.9 Å². The van der Waals surface area contributed by atoms with Crippen molar-refractivity contribution in [1.82, 2.24) is 4.98 Å². The summed E-state index contributed by atoms with van der Waals surface area (Å²) in [6, 6.07) is 12.3. The number of pyridine rings is 1. The molecule has 3 rings (SSSR count). The Balaban J connectivity index is 2.00. The van der Waals surface area contributed by atoms with E-state index in [0.29, 0.717) is 5.92 Å². The summed E-state index contributed by atoms with van der Waals surface area (Å²) < 4.78 is 0.978. The van der Waals surface area contributed by atoms with E-state index in [9.17, 15) is 0 Å². The molecular weight excluding hydrogens is 300 g/mol. The minimum Gasteiger partial charge on any atom is -0.319 e. The van der Waals surface area contributed by atoms with Gasteiger partial charge in [0.15, 0.2) is 0 Å². The molecule has 1 aromatic carbocycles. The molecule has 98 valence electrons. The minimum absolute atomic E-state index is 0.160. The quantitative estimate of drug-likeness (QED) is 0.923. The summed E-state index contributed by atoms with van der Waals surface area (Å²) in [6.45, 7) is 0. The lowest BCUT2D eigenvalue weighted by molar-refractivity contribution is 0.416. The first-order chi connectivity index (χ1) is 9.27. The second-order valence-electron chi connectivity index (χ2n) is 5.10. The number of aromatic nitrogens is 1. The maximum Gasteiger partial charge on any atom is 0.0758 e. The van der Waals surface area contributed by atoms with Crippen molar-refractivity contribution < 1.29 is 0 Å². The van der Waals surface area contributed by atoms with Crippen LogP contribution < -0.4 is 5.73 Å². The van der Waals surface area contributed by atoms with Crippen LogP contribution in [0.5, 0.6) is 0 Å². The largest absolute Gasteiger partial charge is 0.319 e. The molecule has 1 heterocycles. The molecule has 3 heteroatoms. The lowest BCUT2D eigenvalue weighted by atomic mass is 9.77. The normalized spacial score (nSPS) is 16.9. The molecule has 1 aromatic heterocycles. The van der Waals surface area contributed by atoms with Crippen LogP contribution in [0.4, 0.5) is 0 Å². The van der Waals surface area contributed by atoms with Gasteiger partial charge in [-0.15, -0.1) is 0 Å². The lowest BCUT2D eigenvalue weighted by Gasteiger charge is -2.29. The number of benzene rings is 1. The van der Waals surface area contributed by atoms with Gasteiger partial charge >= 0.3 is 0 Å². The summed E-state index contributed by atoms with van der Waals surface area (Å²) in [6.07, 6.45) is 5.70. The second-order valence-corrected chi connectivity index (χ2v) is 5.96. The van der Waals surface area contributed by atoms with Crippen LogP contribution in [-0.4, -0.2) is 4.98 Å². The molecule has 0 saturated heterocycles. The van der Waals surface area contributed by atoms with Gasteiger partial charge in [0.2, 0.25) is 0 Å². The van der Waals surface area contributed by atoms with Crippen molar-refractivity contribution in [3.8, 4) is 0 Å². The molecule has 1 fully saturated rings. The Morgan fingerprint density at radius 3 is 2.63 bits per heavy atom. The molecule has 0 bridgehead atoms. The average molecular weight is 317 g/mol. The maximum absolute atomic E-state index is 6.44. The van der Waals surface area contributed by atoms with Crippen LogP contribution in [0.15, 0.2) is 47.1 Å². The van der Waals surface area contributed by atoms with E-state index in [1.54, 1.807) is 6.20 Å². The number of nitrogens with two attached hydrogens (primary N) is 1. The number of hydrogen-bond acceptors (Lipinski definition) is 2. The van der Waals surface area contributed by atoms with Crippen molar-refractivity contribution in [3.63, 3.8) is 0 Å². The molecule has 2 aromatic rings. The molecule has 1 unspecified atom stereocenters. The summed E-state index contributed by atoms with van der Waals surface area (Å²) in [4.78, 5) is 4.43. The van der Waals surface area contributed by atoms with Crippen LogP contribution in [0.1, 0.15) is 48.0 Å². The van der Waals surface area contributed by atoms with Crippen molar-refractivity contribution in [2.24, 2.45) is 5.73 Å². The van der Waals surface area contributed by atoms with Gasteiger partial charge in [-0.05, 0) is 57.9 Å². The van der Waals surface area contributed by atoms with E-state index < -0.39 is 0 Å². The fourth-order valence-corrected chi connectivity index (χ4v) is 3.16. The van der Waals surface area contributed by atoms with Gasteiger partial charge in [0.05, 0.1) is 11.7 Å². The van der Waals surface area contributed by atoms with Gasteiger partial charge in [-0.3, -0.25) is 4.98 Å². The third-order valence-electron chi connectivity index (χ3n) is 3.96. The molecule has 19 heavy (non-hydrogen) atoms. The molecule has 1 atom stereocenters.